The van der Waals surface area contributed by atoms with E-state index < -0.39 is 23.9 Å². The van der Waals surface area contributed by atoms with Crippen LogP contribution in [-0.4, -0.2) is 28.2 Å². The molecule has 0 radical (unpaired) electrons. The zero-order valence-corrected chi connectivity index (χ0v) is 9.14. The molecule has 0 spiro atoms. The lowest BCUT2D eigenvalue weighted by molar-refractivity contribution is -0.143. The Labute approximate surface area is 89.3 Å². The van der Waals surface area contributed by atoms with Crippen LogP contribution in [0.5, 0.6) is 0 Å². The highest BCUT2D eigenvalue weighted by atomic mass is 16.4. The average molecular weight is 217 g/mol. The summed E-state index contributed by atoms with van der Waals surface area (Å²) in [5.74, 6) is -2.36. The van der Waals surface area contributed by atoms with E-state index in [2.05, 4.69) is 0 Å². The minimum atomic E-state index is -1.15. The summed E-state index contributed by atoms with van der Waals surface area (Å²) in [6.45, 7) is 3.99. The summed E-state index contributed by atoms with van der Waals surface area (Å²) >= 11 is 0. The van der Waals surface area contributed by atoms with E-state index in [0.29, 0.717) is 12.3 Å². The van der Waals surface area contributed by atoms with Crippen LogP contribution in [0.25, 0.3) is 0 Å². The van der Waals surface area contributed by atoms with Crippen molar-refractivity contribution in [2.24, 2.45) is 17.6 Å². The summed E-state index contributed by atoms with van der Waals surface area (Å²) < 4.78 is 0. The third-order valence-corrected chi connectivity index (χ3v) is 2.30. The Morgan fingerprint density at radius 1 is 1.13 bits per heavy atom. The van der Waals surface area contributed by atoms with E-state index in [9.17, 15) is 9.59 Å². The minimum absolute atomic E-state index is 0.00259. The molecule has 5 heteroatoms. The Kier molecular flexibility index (Phi) is 5.93. The van der Waals surface area contributed by atoms with Crippen molar-refractivity contribution in [3.8, 4) is 0 Å². The van der Waals surface area contributed by atoms with E-state index in [-0.39, 0.29) is 6.42 Å². The predicted molar refractivity (Wildman–Crippen MR) is 55.4 cm³/mol. The number of carbonyl (C=O) groups is 2. The van der Waals surface area contributed by atoms with Crippen LogP contribution in [0.4, 0.5) is 0 Å². The Bertz CT molecular complexity index is 227. The molecule has 4 N–H and O–H groups in total. The van der Waals surface area contributed by atoms with Crippen LogP contribution in [-0.2, 0) is 9.59 Å². The topological polar surface area (TPSA) is 101 Å². The fourth-order valence-corrected chi connectivity index (χ4v) is 1.28. The molecule has 0 amide bonds. The van der Waals surface area contributed by atoms with Crippen molar-refractivity contribution < 1.29 is 19.8 Å². The zero-order valence-electron chi connectivity index (χ0n) is 9.14. The van der Waals surface area contributed by atoms with E-state index in [1.807, 2.05) is 13.8 Å². The van der Waals surface area contributed by atoms with Crippen LogP contribution in [0, 0.1) is 11.8 Å². The third-order valence-electron chi connectivity index (χ3n) is 2.30. The molecule has 15 heavy (non-hydrogen) atoms. The van der Waals surface area contributed by atoms with E-state index in [0.717, 1.165) is 6.42 Å². The predicted octanol–water partition coefficient (Wildman–Crippen LogP) is 0.925. The third kappa shape index (κ3) is 6.06. The molecule has 88 valence electrons. The van der Waals surface area contributed by atoms with Crippen molar-refractivity contribution in [3.05, 3.63) is 0 Å². The van der Waals surface area contributed by atoms with Crippen molar-refractivity contribution in [1.82, 2.24) is 0 Å². The molecule has 0 saturated carbocycles. The van der Waals surface area contributed by atoms with Crippen molar-refractivity contribution in [1.29, 1.82) is 0 Å². The van der Waals surface area contributed by atoms with Gasteiger partial charge in [0.05, 0.1) is 5.92 Å². The Morgan fingerprint density at radius 3 is 2.00 bits per heavy atom. The molecule has 0 aromatic rings. The summed E-state index contributed by atoms with van der Waals surface area (Å²) in [5.41, 5.74) is 5.30. The van der Waals surface area contributed by atoms with E-state index in [1.54, 1.807) is 0 Å². The van der Waals surface area contributed by atoms with Gasteiger partial charge in [-0.05, 0) is 18.8 Å². The van der Waals surface area contributed by atoms with Crippen molar-refractivity contribution in [2.45, 2.75) is 39.2 Å². The average Bonchev–Trinajstić information content (AvgIpc) is 2.10. The molecule has 0 fully saturated rings. The molecule has 0 bridgehead atoms. The SMILES string of the molecule is CC(C)CC[C@H](C[C@H](N)C(=O)O)C(=O)O. The lowest BCUT2D eigenvalue weighted by atomic mass is 9.92. The fourth-order valence-electron chi connectivity index (χ4n) is 1.28. The van der Waals surface area contributed by atoms with Crippen LogP contribution in [0.15, 0.2) is 0 Å². The highest BCUT2D eigenvalue weighted by Gasteiger charge is 2.24. The first-order valence-corrected chi connectivity index (χ1v) is 5.05. The maximum absolute atomic E-state index is 10.8. The molecule has 0 heterocycles. The number of hydrogen-bond acceptors (Lipinski definition) is 3. The highest BCUT2D eigenvalue weighted by molar-refractivity contribution is 5.75. The van der Waals surface area contributed by atoms with Gasteiger partial charge in [0, 0.05) is 0 Å². The maximum atomic E-state index is 10.8. The number of nitrogens with two attached hydrogens (primary N) is 1. The van der Waals surface area contributed by atoms with Gasteiger partial charge in [-0.2, -0.15) is 0 Å². The summed E-state index contributed by atoms with van der Waals surface area (Å²) in [6, 6.07) is -1.08. The second kappa shape index (κ2) is 6.40. The van der Waals surface area contributed by atoms with Crippen LogP contribution in [0.3, 0.4) is 0 Å². The first kappa shape index (κ1) is 13.9. The molecule has 5 nitrogen and oxygen atoms in total. The lowest BCUT2D eigenvalue weighted by Gasteiger charge is -2.15. The zero-order chi connectivity index (χ0) is 12.0. The number of aliphatic carboxylic acids is 2. The van der Waals surface area contributed by atoms with Gasteiger partial charge < -0.3 is 15.9 Å². The Morgan fingerprint density at radius 2 is 1.67 bits per heavy atom. The number of hydrogen-bond donors (Lipinski definition) is 3. The number of carboxylic acids is 2. The van der Waals surface area contributed by atoms with E-state index in [4.69, 9.17) is 15.9 Å². The molecular weight excluding hydrogens is 198 g/mol. The highest BCUT2D eigenvalue weighted by Crippen LogP contribution is 2.17. The maximum Gasteiger partial charge on any atom is 0.320 e. The van der Waals surface area contributed by atoms with Gasteiger partial charge in [0.15, 0.2) is 0 Å². The summed E-state index contributed by atoms with van der Waals surface area (Å²) in [5, 5.41) is 17.4. The normalized spacial score (nSPS) is 14.9. The largest absolute Gasteiger partial charge is 0.481 e. The summed E-state index contributed by atoms with van der Waals surface area (Å²) in [7, 11) is 0. The molecule has 0 saturated heterocycles. The Hall–Kier alpha value is -1.10. The summed E-state index contributed by atoms with van der Waals surface area (Å²) in [6.07, 6.45) is 1.24. The second-order valence-corrected chi connectivity index (χ2v) is 4.19. The molecule has 2 atom stereocenters. The van der Waals surface area contributed by atoms with Crippen LogP contribution in [0.2, 0.25) is 0 Å². The van der Waals surface area contributed by atoms with Crippen LogP contribution < -0.4 is 5.73 Å². The van der Waals surface area contributed by atoms with Gasteiger partial charge >= 0.3 is 11.9 Å². The minimum Gasteiger partial charge on any atom is -0.481 e. The van der Waals surface area contributed by atoms with Gasteiger partial charge in [0.1, 0.15) is 6.04 Å². The molecule has 0 aromatic carbocycles. The van der Waals surface area contributed by atoms with Gasteiger partial charge in [-0.3, -0.25) is 9.59 Å². The van der Waals surface area contributed by atoms with E-state index in [1.165, 1.54) is 0 Å². The van der Waals surface area contributed by atoms with Crippen molar-refractivity contribution in [2.75, 3.05) is 0 Å². The van der Waals surface area contributed by atoms with Gasteiger partial charge in [-0.25, -0.2) is 0 Å². The first-order valence-electron chi connectivity index (χ1n) is 5.05. The fraction of sp³-hybridized carbons (Fsp3) is 0.800. The quantitative estimate of drug-likeness (QED) is 0.588. The van der Waals surface area contributed by atoms with Crippen molar-refractivity contribution >= 4 is 11.9 Å². The van der Waals surface area contributed by atoms with Gasteiger partial charge in [-0.1, -0.05) is 20.3 Å². The molecule has 0 aliphatic heterocycles. The van der Waals surface area contributed by atoms with E-state index >= 15 is 0 Å². The molecule has 0 rings (SSSR count). The molecule has 0 aliphatic carbocycles. The summed E-state index contributed by atoms with van der Waals surface area (Å²) in [4.78, 5) is 21.3. The van der Waals surface area contributed by atoms with Gasteiger partial charge in [0.25, 0.3) is 0 Å². The van der Waals surface area contributed by atoms with Crippen LogP contribution in [0.1, 0.15) is 33.1 Å². The second-order valence-electron chi connectivity index (χ2n) is 4.19. The molecular formula is C10H19NO4. The van der Waals surface area contributed by atoms with Gasteiger partial charge in [-0.15, -0.1) is 0 Å². The molecule has 0 unspecified atom stereocenters. The first-order chi connectivity index (χ1) is 6.84. The lowest BCUT2D eigenvalue weighted by Crippen LogP contribution is -2.34. The van der Waals surface area contributed by atoms with Gasteiger partial charge in [0.2, 0.25) is 0 Å². The monoisotopic (exact) mass is 217 g/mol. The molecule has 0 aromatic heterocycles. The standard InChI is InChI=1S/C10H19NO4/c1-6(2)3-4-7(9(12)13)5-8(11)10(14)15/h6-8H,3-5,11H2,1-2H3,(H,12,13)(H,14,15)/t7-,8+/m1/s1. The number of carboxylic acid groups (broad SMARTS) is 2. The van der Waals surface area contributed by atoms with Crippen molar-refractivity contribution in [3.63, 3.8) is 0 Å². The Balaban J connectivity index is 4.16. The number of rotatable bonds is 7. The smallest absolute Gasteiger partial charge is 0.320 e. The van der Waals surface area contributed by atoms with Crippen LogP contribution >= 0.6 is 0 Å². The molecule has 0 aliphatic rings.